The lowest BCUT2D eigenvalue weighted by Crippen LogP contribution is -2.37. The standard InChI is InChI=1S/C26H22N6O12S2/c27-25(31-29-13-1-3-19(33)17(9-13)23(35)36)7-5-15(21(11-25)45(39,40)41)16-6-8-26(28,12-22(16)46(42,43)44)32-30-14-2-4-20(34)18(10-14)24(37)38/h1-12,33-34H,27-28H2,(H,35,36)(H,37,38)(H,39,40,41)(H,42,43,44). The molecular weight excluding hydrogens is 652 g/mol. The van der Waals surface area contributed by atoms with Crippen LogP contribution in [-0.2, 0) is 20.2 Å². The first kappa shape index (κ1) is 33.5. The first-order chi connectivity index (χ1) is 21.2. The van der Waals surface area contributed by atoms with Crippen LogP contribution >= 0.6 is 0 Å². The van der Waals surface area contributed by atoms with E-state index in [-0.39, 0.29) is 11.4 Å². The Morgan fingerprint density at radius 2 is 1.00 bits per heavy atom. The summed E-state index contributed by atoms with van der Waals surface area (Å²) in [6, 6.07) is 6.32. The van der Waals surface area contributed by atoms with E-state index in [1.807, 2.05) is 0 Å². The van der Waals surface area contributed by atoms with Crippen LogP contribution in [0, 0.1) is 0 Å². The van der Waals surface area contributed by atoms with Gasteiger partial charge in [-0.2, -0.15) is 37.3 Å². The molecule has 240 valence electrons. The molecule has 0 aromatic heterocycles. The first-order valence-corrected chi connectivity index (χ1v) is 15.2. The van der Waals surface area contributed by atoms with Crippen LogP contribution in [0.15, 0.2) is 114 Å². The molecule has 2 aromatic carbocycles. The van der Waals surface area contributed by atoms with Gasteiger partial charge in [0.15, 0.2) is 11.3 Å². The molecule has 2 aromatic rings. The molecule has 46 heavy (non-hydrogen) atoms. The first-order valence-electron chi connectivity index (χ1n) is 12.3. The van der Waals surface area contributed by atoms with Gasteiger partial charge in [-0.1, -0.05) is 12.2 Å². The van der Waals surface area contributed by atoms with Crippen LogP contribution in [0.5, 0.6) is 11.5 Å². The van der Waals surface area contributed by atoms with Gasteiger partial charge in [0.25, 0.3) is 20.2 Å². The zero-order valence-corrected chi connectivity index (χ0v) is 24.5. The van der Waals surface area contributed by atoms with E-state index in [9.17, 15) is 56.0 Å². The largest absolute Gasteiger partial charge is 0.507 e. The Labute approximate surface area is 258 Å². The van der Waals surface area contributed by atoms with Gasteiger partial charge in [-0.3, -0.25) is 20.6 Å². The minimum absolute atomic E-state index is 0.105. The molecule has 2 aliphatic rings. The second-order valence-corrected chi connectivity index (χ2v) is 12.4. The predicted octanol–water partition coefficient (Wildman–Crippen LogP) is 2.65. The maximum Gasteiger partial charge on any atom is 0.339 e. The number of allylic oxidation sites excluding steroid dienone is 4. The number of nitrogens with two attached hydrogens (primary N) is 2. The summed E-state index contributed by atoms with van der Waals surface area (Å²) in [6.07, 6.45) is 5.45. The fourth-order valence-electron chi connectivity index (χ4n) is 4.07. The second kappa shape index (κ2) is 11.8. The Bertz CT molecular complexity index is 1970. The van der Waals surface area contributed by atoms with Gasteiger partial charge in [-0.05, 0) is 60.7 Å². The lowest BCUT2D eigenvalue weighted by atomic mass is 9.93. The van der Waals surface area contributed by atoms with Crippen molar-refractivity contribution in [3.05, 3.63) is 105 Å². The molecule has 0 heterocycles. The molecule has 0 fully saturated rings. The monoisotopic (exact) mass is 674 g/mol. The summed E-state index contributed by atoms with van der Waals surface area (Å²) >= 11 is 0. The van der Waals surface area contributed by atoms with Crippen molar-refractivity contribution in [3.63, 3.8) is 0 Å². The van der Waals surface area contributed by atoms with Crippen LogP contribution < -0.4 is 11.5 Å². The second-order valence-electron chi connectivity index (χ2n) is 9.65. The number of rotatable bonds is 8. The van der Waals surface area contributed by atoms with E-state index < -0.39 is 87.1 Å². The van der Waals surface area contributed by atoms with Crippen LogP contribution in [0.3, 0.4) is 0 Å². The van der Waals surface area contributed by atoms with Gasteiger partial charge in [0.1, 0.15) is 32.4 Å². The van der Waals surface area contributed by atoms with Gasteiger partial charge >= 0.3 is 11.9 Å². The highest BCUT2D eigenvalue weighted by Gasteiger charge is 2.36. The molecule has 0 amide bonds. The van der Waals surface area contributed by atoms with Crippen molar-refractivity contribution in [3.8, 4) is 11.5 Å². The topological polar surface area (TPSA) is 325 Å². The zero-order valence-electron chi connectivity index (χ0n) is 22.8. The maximum absolute atomic E-state index is 12.4. The number of nitrogens with zero attached hydrogens (tertiary/aromatic N) is 4. The smallest absolute Gasteiger partial charge is 0.339 e. The van der Waals surface area contributed by atoms with Gasteiger partial charge in [-0.25, -0.2) is 9.59 Å². The summed E-state index contributed by atoms with van der Waals surface area (Å²) in [5.74, 6) is -4.07. The van der Waals surface area contributed by atoms with Crippen LogP contribution in [-0.4, -0.2) is 69.6 Å². The molecular formula is C26H22N6O12S2. The fourth-order valence-corrected chi connectivity index (χ4v) is 5.66. The molecule has 20 heteroatoms. The molecule has 0 bridgehead atoms. The summed E-state index contributed by atoms with van der Waals surface area (Å²) in [7, 11) is -10.4. The number of benzene rings is 2. The van der Waals surface area contributed by atoms with E-state index in [1.165, 1.54) is 12.1 Å². The van der Waals surface area contributed by atoms with E-state index in [1.54, 1.807) is 0 Å². The normalized spacial score (nSPS) is 23.5. The van der Waals surface area contributed by atoms with Crippen molar-refractivity contribution >= 4 is 43.5 Å². The quantitative estimate of drug-likeness (QED) is 0.147. The molecule has 2 aliphatic carbocycles. The van der Waals surface area contributed by atoms with E-state index in [0.29, 0.717) is 12.2 Å². The molecule has 0 aliphatic heterocycles. The molecule has 2 atom stereocenters. The SMILES string of the molecule is NC1(N=Nc2ccc(O)c(C(=O)O)c2)C=CC(=C2C=CC(N)(N=Nc3ccc(O)c(C(=O)O)c3)C=C2S(=O)(=O)O)C(S(=O)(=O)O)=C1. The van der Waals surface area contributed by atoms with Crippen molar-refractivity contribution in [1.82, 2.24) is 0 Å². The Kier molecular flexibility index (Phi) is 8.63. The minimum atomic E-state index is -5.18. The number of aromatic hydroxyl groups is 2. The number of phenols is 2. The summed E-state index contributed by atoms with van der Waals surface area (Å²) in [6.45, 7) is 0. The Morgan fingerprint density at radius 3 is 1.30 bits per heavy atom. The van der Waals surface area contributed by atoms with Crippen molar-refractivity contribution in [2.24, 2.45) is 31.9 Å². The molecule has 0 radical (unpaired) electrons. The highest BCUT2D eigenvalue weighted by molar-refractivity contribution is 7.90. The highest BCUT2D eigenvalue weighted by atomic mass is 32.2. The summed E-state index contributed by atoms with van der Waals surface area (Å²) in [5, 5.41) is 52.8. The Morgan fingerprint density at radius 1 is 0.652 bits per heavy atom. The fraction of sp³-hybridized carbons (Fsp3) is 0.0769. The summed E-state index contributed by atoms with van der Waals surface area (Å²) in [4.78, 5) is 20.6. The maximum atomic E-state index is 12.4. The predicted molar refractivity (Wildman–Crippen MR) is 158 cm³/mol. The van der Waals surface area contributed by atoms with Crippen LogP contribution in [0.25, 0.3) is 0 Å². The van der Waals surface area contributed by atoms with Crippen molar-refractivity contribution < 1.29 is 56.0 Å². The molecule has 10 N–H and O–H groups in total. The number of carbonyl (C=O) groups is 2. The van der Waals surface area contributed by atoms with E-state index in [4.69, 9.17) is 11.5 Å². The molecule has 18 nitrogen and oxygen atoms in total. The summed E-state index contributed by atoms with van der Waals surface area (Å²) in [5.41, 5.74) is 5.84. The molecule has 0 saturated heterocycles. The Balaban J connectivity index is 1.78. The number of carboxylic acid groups (broad SMARTS) is 2. The van der Waals surface area contributed by atoms with Gasteiger partial charge in [0.2, 0.25) is 0 Å². The lowest BCUT2D eigenvalue weighted by Gasteiger charge is -2.26. The van der Waals surface area contributed by atoms with Crippen LogP contribution in [0.1, 0.15) is 20.7 Å². The lowest BCUT2D eigenvalue weighted by molar-refractivity contribution is 0.0682. The molecule has 0 spiro atoms. The number of carboxylic acids is 2. The molecule has 4 rings (SSSR count). The molecule has 2 unspecified atom stereocenters. The number of azo groups is 2. The Hall–Kier alpha value is -5.38. The number of hydrogen-bond donors (Lipinski definition) is 8. The average molecular weight is 675 g/mol. The summed E-state index contributed by atoms with van der Waals surface area (Å²) < 4.78 is 69.7. The third-order valence-electron chi connectivity index (χ3n) is 6.23. The molecule has 0 saturated carbocycles. The highest BCUT2D eigenvalue weighted by Crippen LogP contribution is 2.38. The number of aromatic carboxylic acids is 2. The van der Waals surface area contributed by atoms with Crippen molar-refractivity contribution in [2.45, 2.75) is 11.3 Å². The zero-order chi connectivity index (χ0) is 34.2. The van der Waals surface area contributed by atoms with Crippen molar-refractivity contribution in [1.29, 1.82) is 0 Å². The van der Waals surface area contributed by atoms with Gasteiger partial charge in [0, 0.05) is 11.1 Å². The minimum Gasteiger partial charge on any atom is -0.507 e. The third-order valence-corrected chi connectivity index (χ3v) is 8.02. The van der Waals surface area contributed by atoms with Gasteiger partial charge < -0.3 is 20.4 Å². The van der Waals surface area contributed by atoms with Crippen molar-refractivity contribution in [2.75, 3.05) is 0 Å². The van der Waals surface area contributed by atoms with Gasteiger partial charge in [-0.15, -0.1) is 0 Å². The van der Waals surface area contributed by atoms with E-state index in [2.05, 4.69) is 20.5 Å². The number of hydrogen-bond acceptors (Lipinski definition) is 14. The average Bonchev–Trinajstić information content (AvgIpc) is 2.95. The van der Waals surface area contributed by atoms with Crippen LogP contribution in [0.2, 0.25) is 0 Å². The van der Waals surface area contributed by atoms with E-state index >= 15 is 0 Å². The third kappa shape index (κ3) is 7.28. The van der Waals surface area contributed by atoms with Gasteiger partial charge in [0.05, 0.1) is 11.4 Å². The van der Waals surface area contributed by atoms with Crippen LogP contribution in [0.4, 0.5) is 11.4 Å². The van der Waals surface area contributed by atoms with E-state index in [0.717, 1.165) is 48.6 Å².